The molecule has 0 aliphatic rings. The first-order valence-corrected chi connectivity index (χ1v) is 10.3. The minimum absolute atomic E-state index is 0.139. The first-order chi connectivity index (χ1) is 14.4. The lowest BCUT2D eigenvalue weighted by molar-refractivity contribution is -0.142. The summed E-state index contributed by atoms with van der Waals surface area (Å²) in [6.07, 6.45) is 1.89. The van der Waals surface area contributed by atoms with Crippen molar-refractivity contribution >= 4 is 11.8 Å². The predicted molar refractivity (Wildman–Crippen MR) is 118 cm³/mol. The van der Waals surface area contributed by atoms with Crippen LogP contribution in [-0.2, 0) is 16.1 Å². The Bertz CT molecular complexity index is 820. The summed E-state index contributed by atoms with van der Waals surface area (Å²) in [5.74, 6) is 0.901. The number of nitrogens with zero attached hydrogens (tertiary/aromatic N) is 1. The van der Waals surface area contributed by atoms with Crippen LogP contribution in [0.1, 0.15) is 37.8 Å². The summed E-state index contributed by atoms with van der Waals surface area (Å²) in [4.78, 5) is 27.2. The molecule has 0 aliphatic heterocycles. The van der Waals surface area contributed by atoms with Gasteiger partial charge >= 0.3 is 0 Å². The Morgan fingerprint density at radius 2 is 1.83 bits per heavy atom. The molecule has 0 bridgehead atoms. The van der Waals surface area contributed by atoms with Crippen molar-refractivity contribution in [2.45, 2.75) is 46.2 Å². The Morgan fingerprint density at radius 3 is 2.50 bits per heavy atom. The van der Waals surface area contributed by atoms with Gasteiger partial charge < -0.3 is 19.7 Å². The lowest BCUT2D eigenvalue weighted by Gasteiger charge is -2.29. The molecule has 2 amide bonds. The van der Waals surface area contributed by atoms with Crippen molar-refractivity contribution in [2.24, 2.45) is 0 Å². The summed E-state index contributed by atoms with van der Waals surface area (Å²) < 4.78 is 10.9. The molecule has 0 unspecified atom stereocenters. The number of amides is 2. The van der Waals surface area contributed by atoms with E-state index in [-0.39, 0.29) is 25.0 Å². The molecule has 0 spiro atoms. The minimum Gasteiger partial charge on any atom is -0.497 e. The van der Waals surface area contributed by atoms with Crippen LogP contribution >= 0.6 is 0 Å². The monoisotopic (exact) mass is 412 g/mol. The molecule has 0 aromatic heterocycles. The SMILES string of the molecule is CCCCNC(=O)[C@H](C)N(Cc1cccc(OC)c1)C(=O)COc1ccc(C)cc1. The van der Waals surface area contributed by atoms with Gasteiger partial charge in [0.2, 0.25) is 5.91 Å². The van der Waals surface area contributed by atoms with Crippen LogP contribution < -0.4 is 14.8 Å². The van der Waals surface area contributed by atoms with E-state index in [1.54, 1.807) is 18.9 Å². The highest BCUT2D eigenvalue weighted by molar-refractivity contribution is 5.87. The molecule has 30 heavy (non-hydrogen) atoms. The number of aryl methyl sites for hydroxylation is 1. The van der Waals surface area contributed by atoms with E-state index in [0.717, 1.165) is 24.0 Å². The van der Waals surface area contributed by atoms with Crippen molar-refractivity contribution in [3.05, 3.63) is 59.7 Å². The standard InChI is InChI=1S/C24H32N2O4/c1-5-6-14-25-24(28)19(3)26(16-20-8-7-9-22(15-20)29-4)23(27)17-30-21-12-10-18(2)11-13-21/h7-13,15,19H,5-6,14,16-17H2,1-4H3,(H,25,28)/t19-/m0/s1. The molecule has 0 aliphatic carbocycles. The average molecular weight is 413 g/mol. The molecule has 1 atom stereocenters. The Morgan fingerprint density at radius 1 is 1.10 bits per heavy atom. The first kappa shape index (κ1) is 23.3. The number of methoxy groups -OCH3 is 1. The van der Waals surface area contributed by atoms with Gasteiger partial charge in [0.1, 0.15) is 17.5 Å². The van der Waals surface area contributed by atoms with Crippen LogP contribution in [-0.4, -0.2) is 43.0 Å². The Hall–Kier alpha value is -3.02. The predicted octanol–water partition coefficient (Wildman–Crippen LogP) is 3.72. The van der Waals surface area contributed by atoms with Gasteiger partial charge in [0, 0.05) is 13.1 Å². The number of unbranched alkanes of at least 4 members (excludes halogenated alkanes) is 1. The van der Waals surface area contributed by atoms with Gasteiger partial charge in [-0.05, 0) is 50.1 Å². The van der Waals surface area contributed by atoms with E-state index in [1.165, 1.54) is 0 Å². The van der Waals surface area contributed by atoms with Crippen molar-refractivity contribution in [2.75, 3.05) is 20.3 Å². The fourth-order valence-corrected chi connectivity index (χ4v) is 2.95. The fourth-order valence-electron chi connectivity index (χ4n) is 2.95. The van der Waals surface area contributed by atoms with Crippen molar-refractivity contribution in [3.8, 4) is 11.5 Å². The second-order valence-electron chi connectivity index (χ2n) is 7.30. The van der Waals surface area contributed by atoms with Crippen molar-refractivity contribution < 1.29 is 19.1 Å². The quantitative estimate of drug-likeness (QED) is 0.571. The molecule has 0 saturated heterocycles. The summed E-state index contributed by atoms with van der Waals surface area (Å²) >= 11 is 0. The second-order valence-corrected chi connectivity index (χ2v) is 7.30. The molecule has 2 aromatic carbocycles. The molecule has 0 fully saturated rings. The van der Waals surface area contributed by atoms with Gasteiger partial charge in [0.05, 0.1) is 7.11 Å². The van der Waals surface area contributed by atoms with Crippen LogP contribution in [0.25, 0.3) is 0 Å². The van der Waals surface area contributed by atoms with Gasteiger partial charge in [-0.3, -0.25) is 9.59 Å². The first-order valence-electron chi connectivity index (χ1n) is 10.3. The van der Waals surface area contributed by atoms with Gasteiger partial charge in [-0.1, -0.05) is 43.2 Å². The van der Waals surface area contributed by atoms with E-state index >= 15 is 0 Å². The van der Waals surface area contributed by atoms with Crippen LogP contribution in [0.4, 0.5) is 0 Å². The lowest BCUT2D eigenvalue weighted by Crippen LogP contribution is -2.49. The highest BCUT2D eigenvalue weighted by Gasteiger charge is 2.26. The average Bonchev–Trinajstić information content (AvgIpc) is 2.76. The Balaban J connectivity index is 2.12. The molecule has 2 rings (SSSR count). The van der Waals surface area contributed by atoms with E-state index in [2.05, 4.69) is 12.2 Å². The summed E-state index contributed by atoms with van der Waals surface area (Å²) in [5.41, 5.74) is 2.00. The molecule has 6 heteroatoms. The molecular formula is C24H32N2O4. The fraction of sp³-hybridized carbons (Fsp3) is 0.417. The molecule has 0 heterocycles. The highest BCUT2D eigenvalue weighted by Crippen LogP contribution is 2.17. The molecule has 2 aromatic rings. The molecule has 6 nitrogen and oxygen atoms in total. The minimum atomic E-state index is -0.623. The smallest absolute Gasteiger partial charge is 0.261 e. The van der Waals surface area contributed by atoms with E-state index < -0.39 is 6.04 Å². The van der Waals surface area contributed by atoms with Gasteiger partial charge in [-0.2, -0.15) is 0 Å². The summed E-state index contributed by atoms with van der Waals surface area (Å²) in [6, 6.07) is 14.4. The van der Waals surface area contributed by atoms with Gasteiger partial charge in [-0.25, -0.2) is 0 Å². The topological polar surface area (TPSA) is 67.9 Å². The zero-order valence-electron chi connectivity index (χ0n) is 18.3. The number of ether oxygens (including phenoxy) is 2. The van der Waals surface area contributed by atoms with Crippen molar-refractivity contribution in [1.29, 1.82) is 0 Å². The van der Waals surface area contributed by atoms with Gasteiger partial charge in [0.15, 0.2) is 6.61 Å². The second kappa shape index (κ2) is 11.9. The number of nitrogens with one attached hydrogen (secondary N) is 1. The third-order valence-corrected chi connectivity index (χ3v) is 4.87. The number of hydrogen-bond donors (Lipinski definition) is 1. The third kappa shape index (κ3) is 7.10. The Labute approximate surface area is 179 Å². The number of benzene rings is 2. The normalized spacial score (nSPS) is 11.5. The number of carbonyl (C=O) groups excluding carboxylic acids is 2. The van der Waals surface area contributed by atoms with E-state index in [1.807, 2.05) is 55.5 Å². The van der Waals surface area contributed by atoms with E-state index in [9.17, 15) is 9.59 Å². The maximum atomic E-state index is 13.0. The molecular weight excluding hydrogens is 380 g/mol. The largest absolute Gasteiger partial charge is 0.497 e. The molecule has 162 valence electrons. The molecule has 0 saturated carbocycles. The maximum absolute atomic E-state index is 13.0. The molecule has 0 radical (unpaired) electrons. The van der Waals surface area contributed by atoms with Crippen molar-refractivity contribution in [1.82, 2.24) is 10.2 Å². The van der Waals surface area contributed by atoms with Crippen LogP contribution in [0.5, 0.6) is 11.5 Å². The summed E-state index contributed by atoms with van der Waals surface area (Å²) in [7, 11) is 1.60. The number of carbonyl (C=O) groups is 2. The lowest BCUT2D eigenvalue weighted by atomic mass is 10.1. The third-order valence-electron chi connectivity index (χ3n) is 4.87. The number of hydrogen-bond acceptors (Lipinski definition) is 4. The van der Waals surface area contributed by atoms with Gasteiger partial charge in [0.25, 0.3) is 5.91 Å². The zero-order chi connectivity index (χ0) is 21.9. The van der Waals surface area contributed by atoms with Gasteiger partial charge in [-0.15, -0.1) is 0 Å². The number of rotatable bonds is 11. The van der Waals surface area contributed by atoms with Crippen LogP contribution in [0.2, 0.25) is 0 Å². The maximum Gasteiger partial charge on any atom is 0.261 e. The summed E-state index contributed by atoms with van der Waals surface area (Å²) in [6.45, 7) is 6.54. The van der Waals surface area contributed by atoms with Crippen LogP contribution in [0.15, 0.2) is 48.5 Å². The Kier molecular flexibility index (Phi) is 9.19. The van der Waals surface area contributed by atoms with Crippen LogP contribution in [0.3, 0.4) is 0 Å². The highest BCUT2D eigenvalue weighted by atomic mass is 16.5. The van der Waals surface area contributed by atoms with E-state index in [0.29, 0.717) is 18.0 Å². The summed E-state index contributed by atoms with van der Waals surface area (Å²) in [5, 5.41) is 2.91. The molecule has 1 N–H and O–H groups in total. The zero-order valence-corrected chi connectivity index (χ0v) is 18.3. The van der Waals surface area contributed by atoms with E-state index in [4.69, 9.17) is 9.47 Å². The van der Waals surface area contributed by atoms with Crippen molar-refractivity contribution in [3.63, 3.8) is 0 Å². The van der Waals surface area contributed by atoms with Crippen LogP contribution in [0, 0.1) is 6.92 Å².